The van der Waals surface area contributed by atoms with Crippen molar-refractivity contribution in [3.05, 3.63) is 29.8 Å². The van der Waals surface area contributed by atoms with Gasteiger partial charge in [0.1, 0.15) is 6.04 Å². The fourth-order valence-electron chi connectivity index (χ4n) is 2.70. The lowest BCUT2D eigenvalue weighted by Gasteiger charge is -2.28. The van der Waals surface area contributed by atoms with Crippen LogP contribution in [-0.4, -0.2) is 49.9 Å². The van der Waals surface area contributed by atoms with E-state index in [2.05, 4.69) is 5.32 Å². The predicted molar refractivity (Wildman–Crippen MR) is 91.2 cm³/mol. The minimum absolute atomic E-state index is 0.134. The van der Waals surface area contributed by atoms with Crippen molar-refractivity contribution in [3.63, 3.8) is 0 Å². The molecule has 1 aliphatic rings. The first-order chi connectivity index (χ1) is 11.7. The van der Waals surface area contributed by atoms with Crippen molar-refractivity contribution in [2.24, 2.45) is 5.92 Å². The van der Waals surface area contributed by atoms with Crippen LogP contribution in [0.1, 0.15) is 37.0 Å². The van der Waals surface area contributed by atoms with Crippen LogP contribution >= 0.6 is 0 Å². The van der Waals surface area contributed by atoms with Gasteiger partial charge in [-0.2, -0.15) is 0 Å². The van der Waals surface area contributed by atoms with E-state index in [-0.39, 0.29) is 16.4 Å². The molecule has 1 amide bonds. The Morgan fingerprint density at radius 2 is 1.88 bits per heavy atom. The van der Waals surface area contributed by atoms with Gasteiger partial charge < -0.3 is 15.2 Å². The SMILES string of the molecule is CC(C)S(=O)(=O)c1ccc(C(=O)NC(C(=O)O)C2CCCOC2)cc1. The summed E-state index contributed by atoms with van der Waals surface area (Å²) in [5.74, 6) is -1.94. The number of nitrogens with one attached hydrogen (secondary N) is 1. The average Bonchev–Trinajstić information content (AvgIpc) is 2.59. The second kappa shape index (κ2) is 7.97. The van der Waals surface area contributed by atoms with Crippen molar-refractivity contribution < 1.29 is 27.9 Å². The molecule has 7 nitrogen and oxygen atoms in total. The first kappa shape index (κ1) is 19.4. The maximum Gasteiger partial charge on any atom is 0.326 e. The normalized spacial score (nSPS) is 19.4. The Morgan fingerprint density at radius 3 is 2.36 bits per heavy atom. The molecule has 8 heteroatoms. The van der Waals surface area contributed by atoms with E-state index in [0.717, 1.165) is 6.42 Å². The van der Waals surface area contributed by atoms with E-state index in [0.29, 0.717) is 19.6 Å². The molecule has 1 aromatic carbocycles. The summed E-state index contributed by atoms with van der Waals surface area (Å²) in [6, 6.07) is 4.47. The Kier molecular flexibility index (Phi) is 6.18. The molecule has 1 saturated heterocycles. The fourth-order valence-corrected chi connectivity index (χ4v) is 3.76. The van der Waals surface area contributed by atoms with E-state index in [4.69, 9.17) is 4.74 Å². The Hall–Kier alpha value is -1.93. The third-order valence-electron chi connectivity index (χ3n) is 4.29. The van der Waals surface area contributed by atoms with Gasteiger partial charge in [-0.1, -0.05) is 0 Å². The Morgan fingerprint density at radius 1 is 1.24 bits per heavy atom. The molecule has 2 rings (SSSR count). The van der Waals surface area contributed by atoms with E-state index in [1.165, 1.54) is 24.3 Å². The zero-order valence-electron chi connectivity index (χ0n) is 14.3. The number of hydrogen-bond donors (Lipinski definition) is 2. The number of aliphatic carboxylic acids is 1. The van der Waals surface area contributed by atoms with Crippen LogP contribution in [0.25, 0.3) is 0 Å². The summed E-state index contributed by atoms with van der Waals surface area (Å²) in [7, 11) is -3.42. The molecule has 0 aliphatic carbocycles. The third-order valence-corrected chi connectivity index (χ3v) is 6.46. The van der Waals surface area contributed by atoms with Gasteiger partial charge in [0.2, 0.25) is 0 Å². The topological polar surface area (TPSA) is 110 Å². The number of rotatable bonds is 6. The summed E-state index contributed by atoms with van der Waals surface area (Å²) < 4.78 is 29.5. The molecule has 0 saturated carbocycles. The highest BCUT2D eigenvalue weighted by Gasteiger charge is 2.31. The highest BCUT2D eigenvalue weighted by atomic mass is 32.2. The molecule has 2 unspecified atom stereocenters. The second-order valence-electron chi connectivity index (χ2n) is 6.38. The fraction of sp³-hybridized carbons (Fsp3) is 0.529. The minimum atomic E-state index is -3.42. The molecule has 0 spiro atoms. The van der Waals surface area contributed by atoms with Crippen LogP contribution in [0, 0.1) is 5.92 Å². The largest absolute Gasteiger partial charge is 0.480 e. The van der Waals surface area contributed by atoms with Crippen molar-refractivity contribution in [2.45, 2.75) is 42.9 Å². The maximum atomic E-state index is 12.3. The van der Waals surface area contributed by atoms with Crippen molar-refractivity contribution in [1.29, 1.82) is 0 Å². The molecule has 0 bridgehead atoms. The van der Waals surface area contributed by atoms with Crippen LogP contribution in [0.4, 0.5) is 0 Å². The number of ether oxygens (including phenoxy) is 1. The molecule has 1 heterocycles. The monoisotopic (exact) mass is 369 g/mol. The van der Waals surface area contributed by atoms with Gasteiger partial charge in [-0.15, -0.1) is 0 Å². The van der Waals surface area contributed by atoms with Gasteiger partial charge in [0, 0.05) is 18.1 Å². The van der Waals surface area contributed by atoms with Gasteiger partial charge in [0.05, 0.1) is 16.8 Å². The van der Waals surface area contributed by atoms with Crippen molar-refractivity contribution >= 4 is 21.7 Å². The average molecular weight is 369 g/mol. The lowest BCUT2D eigenvalue weighted by Crippen LogP contribution is -2.48. The van der Waals surface area contributed by atoms with E-state index >= 15 is 0 Å². The lowest BCUT2D eigenvalue weighted by molar-refractivity contribution is -0.142. The zero-order valence-corrected chi connectivity index (χ0v) is 15.1. The quantitative estimate of drug-likeness (QED) is 0.786. The molecule has 0 aromatic heterocycles. The van der Waals surface area contributed by atoms with Gasteiger partial charge in [-0.3, -0.25) is 4.79 Å². The first-order valence-electron chi connectivity index (χ1n) is 8.19. The van der Waals surface area contributed by atoms with Gasteiger partial charge >= 0.3 is 5.97 Å². The predicted octanol–water partition coefficient (Wildman–Crippen LogP) is 1.48. The molecule has 1 aliphatic heterocycles. The molecule has 138 valence electrons. The van der Waals surface area contributed by atoms with Crippen LogP contribution in [0.15, 0.2) is 29.2 Å². The zero-order chi connectivity index (χ0) is 18.6. The molecule has 2 atom stereocenters. The maximum absolute atomic E-state index is 12.3. The summed E-state index contributed by atoms with van der Waals surface area (Å²) in [5.41, 5.74) is 0.214. The summed E-state index contributed by atoms with van der Waals surface area (Å²) in [4.78, 5) is 23.9. The summed E-state index contributed by atoms with van der Waals surface area (Å²) in [5, 5.41) is 11.3. The number of carbonyl (C=O) groups is 2. The molecule has 1 fully saturated rings. The van der Waals surface area contributed by atoms with Crippen LogP contribution in [0.2, 0.25) is 0 Å². The second-order valence-corrected chi connectivity index (χ2v) is 8.89. The number of carboxylic acids is 1. The Labute approximate surface area is 147 Å². The highest BCUT2D eigenvalue weighted by Crippen LogP contribution is 2.19. The lowest BCUT2D eigenvalue weighted by atomic mass is 9.93. The van der Waals surface area contributed by atoms with Crippen LogP contribution < -0.4 is 5.32 Å². The summed E-state index contributed by atoms with van der Waals surface area (Å²) in [6.45, 7) is 4.06. The Balaban J connectivity index is 2.12. The van der Waals surface area contributed by atoms with E-state index in [1.54, 1.807) is 13.8 Å². The van der Waals surface area contributed by atoms with Crippen LogP contribution in [0.3, 0.4) is 0 Å². The minimum Gasteiger partial charge on any atom is -0.480 e. The van der Waals surface area contributed by atoms with Gasteiger partial charge in [-0.25, -0.2) is 13.2 Å². The number of benzene rings is 1. The Bertz CT molecular complexity index is 720. The van der Waals surface area contributed by atoms with Crippen LogP contribution in [-0.2, 0) is 19.4 Å². The number of carboxylic acid groups (broad SMARTS) is 1. The van der Waals surface area contributed by atoms with Crippen molar-refractivity contribution in [3.8, 4) is 0 Å². The van der Waals surface area contributed by atoms with Gasteiger partial charge in [0.25, 0.3) is 5.91 Å². The molecular formula is C17H23NO6S. The van der Waals surface area contributed by atoms with Crippen molar-refractivity contribution in [1.82, 2.24) is 5.32 Å². The van der Waals surface area contributed by atoms with E-state index < -0.39 is 33.0 Å². The van der Waals surface area contributed by atoms with Crippen LogP contribution in [0.5, 0.6) is 0 Å². The standard InChI is InChI=1S/C17H23NO6S/c1-11(2)25(22,23)14-7-5-12(6-8-14)16(19)18-15(17(20)21)13-4-3-9-24-10-13/h5-8,11,13,15H,3-4,9-10H2,1-2H3,(H,18,19)(H,20,21). The smallest absolute Gasteiger partial charge is 0.326 e. The number of amides is 1. The molecule has 1 aromatic rings. The molecular weight excluding hydrogens is 346 g/mol. The number of hydrogen-bond acceptors (Lipinski definition) is 5. The number of carbonyl (C=O) groups excluding carboxylic acids is 1. The summed E-state index contributed by atoms with van der Waals surface area (Å²) in [6.07, 6.45) is 1.43. The van der Waals surface area contributed by atoms with Gasteiger partial charge in [0.15, 0.2) is 9.84 Å². The molecule has 2 N–H and O–H groups in total. The van der Waals surface area contributed by atoms with Crippen molar-refractivity contribution in [2.75, 3.05) is 13.2 Å². The molecule has 0 radical (unpaired) electrons. The van der Waals surface area contributed by atoms with E-state index in [9.17, 15) is 23.1 Å². The van der Waals surface area contributed by atoms with Gasteiger partial charge in [-0.05, 0) is 51.0 Å². The highest BCUT2D eigenvalue weighted by molar-refractivity contribution is 7.92. The third kappa shape index (κ3) is 4.58. The first-order valence-corrected chi connectivity index (χ1v) is 9.73. The van der Waals surface area contributed by atoms with E-state index in [1.807, 2.05) is 0 Å². The molecule has 25 heavy (non-hydrogen) atoms. The number of sulfone groups is 1. The summed E-state index contributed by atoms with van der Waals surface area (Å²) >= 11 is 0.